The van der Waals surface area contributed by atoms with Crippen LogP contribution in [0.5, 0.6) is 5.75 Å². The third kappa shape index (κ3) is 6.93. The predicted molar refractivity (Wildman–Crippen MR) is 108 cm³/mol. The van der Waals surface area contributed by atoms with Gasteiger partial charge in [0.2, 0.25) is 0 Å². The molecule has 0 bridgehead atoms. The highest BCUT2D eigenvalue weighted by atomic mass is 19.4. The van der Waals surface area contributed by atoms with Crippen LogP contribution in [0.15, 0.2) is 48.5 Å². The molecule has 2 aromatic carbocycles. The van der Waals surface area contributed by atoms with Crippen molar-refractivity contribution in [3.63, 3.8) is 0 Å². The van der Waals surface area contributed by atoms with Crippen LogP contribution in [0.4, 0.5) is 29.3 Å². The Kier molecular flexibility index (Phi) is 7.53. The first-order valence-corrected chi connectivity index (χ1v) is 9.68. The summed E-state index contributed by atoms with van der Waals surface area (Å²) < 4.78 is 49.4. The molecular weight excluding hydrogens is 399 g/mol. The summed E-state index contributed by atoms with van der Waals surface area (Å²) in [6, 6.07) is 10.7. The smallest absolute Gasteiger partial charge is 0.416 e. The summed E-state index contributed by atoms with van der Waals surface area (Å²) in [6.45, 7) is 4.85. The van der Waals surface area contributed by atoms with Crippen molar-refractivity contribution in [2.24, 2.45) is 0 Å². The lowest BCUT2D eigenvalue weighted by atomic mass is 10.2. The van der Waals surface area contributed by atoms with E-state index in [1.165, 1.54) is 12.1 Å². The topological polar surface area (TPSA) is 62.8 Å². The second kappa shape index (κ2) is 10.3. The van der Waals surface area contributed by atoms with Crippen LogP contribution in [0.2, 0.25) is 0 Å². The van der Waals surface area contributed by atoms with Crippen LogP contribution in [-0.2, 0) is 10.9 Å². The third-order valence-corrected chi connectivity index (χ3v) is 4.53. The Morgan fingerprint density at radius 1 is 1.03 bits per heavy atom. The molecule has 0 aromatic heterocycles. The Hall–Kier alpha value is -2.78. The van der Waals surface area contributed by atoms with E-state index in [1.54, 1.807) is 24.3 Å². The number of urea groups is 1. The molecule has 2 amide bonds. The van der Waals surface area contributed by atoms with Gasteiger partial charge in [-0.2, -0.15) is 13.2 Å². The summed E-state index contributed by atoms with van der Waals surface area (Å²) in [5, 5.41) is 5.00. The van der Waals surface area contributed by atoms with Crippen LogP contribution in [0, 0.1) is 0 Å². The number of hydrogen-bond acceptors (Lipinski definition) is 4. The number of alkyl halides is 3. The highest BCUT2D eigenvalue weighted by Gasteiger charge is 2.30. The molecule has 2 aromatic rings. The maximum atomic E-state index is 12.8. The van der Waals surface area contributed by atoms with E-state index in [0.717, 1.165) is 51.4 Å². The van der Waals surface area contributed by atoms with E-state index < -0.39 is 17.8 Å². The molecule has 0 saturated carbocycles. The van der Waals surface area contributed by atoms with Gasteiger partial charge in [-0.25, -0.2) is 4.79 Å². The molecule has 0 radical (unpaired) electrons. The van der Waals surface area contributed by atoms with Crippen molar-refractivity contribution in [3.05, 3.63) is 54.1 Å². The highest BCUT2D eigenvalue weighted by molar-refractivity contribution is 5.99. The van der Waals surface area contributed by atoms with Crippen molar-refractivity contribution in [2.75, 3.05) is 50.1 Å². The number of morpholine rings is 1. The van der Waals surface area contributed by atoms with Crippen LogP contribution < -0.4 is 15.4 Å². The maximum Gasteiger partial charge on any atom is 0.416 e. The van der Waals surface area contributed by atoms with E-state index in [2.05, 4.69) is 15.5 Å². The average Bonchev–Trinajstić information content (AvgIpc) is 2.72. The standard InChI is InChI=1S/C21H24F3N3O3/c22-21(23,24)16-4-1-5-17(14-16)25-20(28)26-18-6-2-7-19(15-18)30-11-3-8-27-9-12-29-13-10-27/h1-2,4-7,14-15H,3,8-13H2,(H2,25,26,28). The van der Waals surface area contributed by atoms with Crippen LogP contribution in [0.3, 0.4) is 0 Å². The molecule has 0 aliphatic carbocycles. The Morgan fingerprint density at radius 2 is 1.70 bits per heavy atom. The fourth-order valence-corrected chi connectivity index (χ4v) is 3.03. The SMILES string of the molecule is O=C(Nc1cccc(OCCCN2CCOCC2)c1)Nc1cccc(C(F)(F)F)c1. The minimum atomic E-state index is -4.47. The van der Waals surface area contributed by atoms with Gasteiger partial charge >= 0.3 is 12.2 Å². The molecule has 1 aliphatic heterocycles. The number of carbonyl (C=O) groups excluding carboxylic acids is 1. The van der Waals surface area contributed by atoms with Crippen molar-refractivity contribution in [3.8, 4) is 5.75 Å². The Balaban J connectivity index is 1.46. The molecule has 3 rings (SSSR count). The van der Waals surface area contributed by atoms with Crippen molar-refractivity contribution in [2.45, 2.75) is 12.6 Å². The van der Waals surface area contributed by atoms with E-state index in [9.17, 15) is 18.0 Å². The molecule has 1 aliphatic rings. The fraction of sp³-hybridized carbons (Fsp3) is 0.381. The zero-order chi connectivity index (χ0) is 21.4. The van der Waals surface area contributed by atoms with Crippen molar-refractivity contribution in [1.29, 1.82) is 0 Å². The fourth-order valence-electron chi connectivity index (χ4n) is 3.03. The first-order chi connectivity index (χ1) is 14.4. The van der Waals surface area contributed by atoms with Gasteiger partial charge in [0.1, 0.15) is 5.75 Å². The minimum absolute atomic E-state index is 0.0536. The number of hydrogen-bond donors (Lipinski definition) is 2. The van der Waals surface area contributed by atoms with E-state index in [1.807, 2.05) is 0 Å². The van der Waals surface area contributed by atoms with Crippen molar-refractivity contribution in [1.82, 2.24) is 4.90 Å². The zero-order valence-electron chi connectivity index (χ0n) is 16.4. The molecular formula is C21H24F3N3O3. The van der Waals surface area contributed by atoms with E-state index in [4.69, 9.17) is 9.47 Å². The summed E-state index contributed by atoms with van der Waals surface area (Å²) in [6.07, 6.45) is -3.60. The van der Waals surface area contributed by atoms with Gasteiger partial charge in [0.05, 0.1) is 25.4 Å². The van der Waals surface area contributed by atoms with Gasteiger partial charge in [-0.1, -0.05) is 12.1 Å². The van der Waals surface area contributed by atoms with Crippen LogP contribution in [0.25, 0.3) is 0 Å². The number of halogens is 3. The van der Waals surface area contributed by atoms with E-state index in [-0.39, 0.29) is 5.69 Å². The lowest BCUT2D eigenvalue weighted by Crippen LogP contribution is -2.37. The summed E-state index contributed by atoms with van der Waals surface area (Å²) in [7, 11) is 0. The largest absolute Gasteiger partial charge is 0.493 e. The van der Waals surface area contributed by atoms with Crippen LogP contribution in [-0.4, -0.2) is 50.4 Å². The third-order valence-electron chi connectivity index (χ3n) is 4.53. The lowest BCUT2D eigenvalue weighted by molar-refractivity contribution is -0.137. The summed E-state index contributed by atoms with van der Waals surface area (Å²) in [5.74, 6) is 0.605. The van der Waals surface area contributed by atoms with Gasteiger partial charge in [0.25, 0.3) is 0 Å². The molecule has 1 saturated heterocycles. The summed E-state index contributed by atoms with van der Waals surface area (Å²) in [4.78, 5) is 14.5. The number of ether oxygens (including phenoxy) is 2. The first-order valence-electron chi connectivity index (χ1n) is 9.68. The monoisotopic (exact) mass is 423 g/mol. The van der Waals surface area contributed by atoms with E-state index in [0.29, 0.717) is 18.0 Å². The second-order valence-corrected chi connectivity index (χ2v) is 6.84. The summed E-state index contributed by atoms with van der Waals surface area (Å²) in [5.41, 5.74) is -0.296. The van der Waals surface area contributed by atoms with Crippen LogP contribution in [0.1, 0.15) is 12.0 Å². The number of nitrogens with one attached hydrogen (secondary N) is 2. The van der Waals surface area contributed by atoms with Gasteiger partial charge in [-0.05, 0) is 36.8 Å². The van der Waals surface area contributed by atoms with Crippen LogP contribution >= 0.6 is 0 Å². The van der Waals surface area contributed by atoms with Gasteiger partial charge < -0.3 is 20.1 Å². The predicted octanol–water partition coefficient (Wildman–Crippen LogP) is 4.45. The molecule has 6 nitrogen and oxygen atoms in total. The molecule has 0 unspecified atom stereocenters. The Bertz CT molecular complexity index is 839. The summed E-state index contributed by atoms with van der Waals surface area (Å²) >= 11 is 0. The number of carbonyl (C=O) groups is 1. The quantitative estimate of drug-likeness (QED) is 0.646. The normalized spacial score (nSPS) is 14.9. The highest BCUT2D eigenvalue weighted by Crippen LogP contribution is 2.30. The van der Waals surface area contributed by atoms with Crippen molar-refractivity contribution < 1.29 is 27.4 Å². The maximum absolute atomic E-state index is 12.8. The molecule has 0 atom stereocenters. The lowest BCUT2D eigenvalue weighted by Gasteiger charge is -2.26. The van der Waals surface area contributed by atoms with Gasteiger partial charge in [0.15, 0.2) is 0 Å². The molecule has 162 valence electrons. The second-order valence-electron chi connectivity index (χ2n) is 6.84. The van der Waals surface area contributed by atoms with Crippen molar-refractivity contribution >= 4 is 17.4 Å². The number of anilines is 2. The number of nitrogens with zero attached hydrogens (tertiary/aromatic N) is 1. The van der Waals surface area contributed by atoms with Gasteiger partial charge in [-0.15, -0.1) is 0 Å². The molecule has 2 N–H and O–H groups in total. The Labute approximate surface area is 173 Å². The number of rotatable bonds is 7. The van der Waals surface area contributed by atoms with Gasteiger partial charge in [-0.3, -0.25) is 4.90 Å². The molecule has 0 spiro atoms. The number of amides is 2. The van der Waals surface area contributed by atoms with Gasteiger partial charge in [0, 0.05) is 37.1 Å². The average molecular weight is 423 g/mol. The minimum Gasteiger partial charge on any atom is -0.493 e. The number of benzene rings is 2. The van der Waals surface area contributed by atoms with E-state index >= 15 is 0 Å². The zero-order valence-corrected chi connectivity index (χ0v) is 16.4. The Morgan fingerprint density at radius 3 is 2.40 bits per heavy atom. The molecule has 1 fully saturated rings. The molecule has 30 heavy (non-hydrogen) atoms. The first kappa shape index (κ1) is 21.9. The molecule has 9 heteroatoms. The molecule has 1 heterocycles.